The van der Waals surface area contributed by atoms with Gasteiger partial charge in [0, 0.05) is 5.56 Å². The second-order valence-corrected chi connectivity index (χ2v) is 7.61. The fraction of sp³-hybridized carbons (Fsp3) is 0.467. The summed E-state index contributed by atoms with van der Waals surface area (Å²) >= 11 is 0. The largest absolute Gasteiger partial charge is 0.489 e. The minimum Gasteiger partial charge on any atom is -0.489 e. The second kappa shape index (κ2) is 5.97. The predicted octanol–water partition coefficient (Wildman–Crippen LogP) is 2.98. The summed E-state index contributed by atoms with van der Waals surface area (Å²) in [7, 11) is -3.70. The number of benzene rings is 1. The Morgan fingerprint density at radius 3 is 2.35 bits per heavy atom. The van der Waals surface area contributed by atoms with E-state index in [1.54, 1.807) is 12.1 Å². The number of hydrogen-bond donors (Lipinski definition) is 1. The molecule has 4 nitrogen and oxygen atoms in total. The number of ether oxygens (including phenoxy) is 1. The Kier molecular flexibility index (Phi) is 5.00. The van der Waals surface area contributed by atoms with Gasteiger partial charge in [0.1, 0.15) is 12.4 Å². The molecule has 112 valence electrons. The van der Waals surface area contributed by atoms with Crippen LogP contribution in [0.25, 0.3) is 0 Å². The van der Waals surface area contributed by atoms with E-state index >= 15 is 0 Å². The Bertz CT molecular complexity index is 606. The topological polar surface area (TPSA) is 69.4 Å². The molecule has 1 aromatic carbocycles. The van der Waals surface area contributed by atoms with Gasteiger partial charge in [-0.05, 0) is 43.5 Å². The highest BCUT2D eigenvalue weighted by Crippen LogP contribution is 2.33. The maximum atomic E-state index is 11.5. The van der Waals surface area contributed by atoms with Crippen molar-refractivity contribution in [3.8, 4) is 5.75 Å². The normalized spacial score (nSPS) is 12.1. The van der Waals surface area contributed by atoms with E-state index in [-0.39, 0.29) is 10.3 Å². The molecule has 0 bridgehead atoms. The zero-order chi connectivity index (χ0) is 15.6. The minimum absolute atomic E-state index is 0.108. The molecule has 0 aliphatic carbocycles. The fourth-order valence-electron chi connectivity index (χ4n) is 1.70. The molecule has 2 N–H and O–H groups in total. The highest BCUT2D eigenvalue weighted by Gasteiger charge is 2.21. The van der Waals surface area contributed by atoms with Crippen molar-refractivity contribution in [2.24, 2.45) is 5.14 Å². The lowest BCUT2D eigenvalue weighted by molar-refractivity contribution is 0.349. The minimum atomic E-state index is -3.70. The van der Waals surface area contributed by atoms with Crippen molar-refractivity contribution >= 4 is 10.0 Å². The van der Waals surface area contributed by atoms with Gasteiger partial charge in [0.25, 0.3) is 0 Å². The monoisotopic (exact) mass is 297 g/mol. The van der Waals surface area contributed by atoms with Crippen molar-refractivity contribution in [2.45, 2.75) is 44.9 Å². The quantitative estimate of drug-likeness (QED) is 0.869. The molecule has 0 heterocycles. The molecule has 0 saturated heterocycles. The van der Waals surface area contributed by atoms with Crippen molar-refractivity contribution in [3.63, 3.8) is 0 Å². The summed E-state index contributed by atoms with van der Waals surface area (Å²) in [6.07, 6.45) is 1.97. The molecule has 1 rings (SSSR count). The Balaban J connectivity index is 3.22. The van der Waals surface area contributed by atoms with Gasteiger partial charge in [0.05, 0.1) is 4.90 Å². The fourth-order valence-corrected chi connectivity index (χ4v) is 2.24. The van der Waals surface area contributed by atoms with E-state index in [1.807, 2.05) is 40.7 Å². The highest BCUT2D eigenvalue weighted by molar-refractivity contribution is 7.89. The maximum Gasteiger partial charge on any atom is 0.238 e. The van der Waals surface area contributed by atoms with E-state index in [9.17, 15) is 8.42 Å². The molecule has 5 heteroatoms. The van der Waals surface area contributed by atoms with Crippen molar-refractivity contribution in [3.05, 3.63) is 35.4 Å². The first-order valence-electron chi connectivity index (χ1n) is 6.45. The van der Waals surface area contributed by atoms with Gasteiger partial charge in [-0.25, -0.2) is 13.6 Å². The number of rotatable bonds is 4. The number of sulfonamides is 1. The second-order valence-electron chi connectivity index (χ2n) is 6.05. The molecule has 20 heavy (non-hydrogen) atoms. The summed E-state index contributed by atoms with van der Waals surface area (Å²) in [5, 5.41) is 5.18. The van der Waals surface area contributed by atoms with Crippen molar-refractivity contribution in [1.29, 1.82) is 0 Å². The molecule has 0 unspecified atom stereocenters. The van der Waals surface area contributed by atoms with Crippen LogP contribution in [0.15, 0.2) is 34.7 Å². The summed E-state index contributed by atoms with van der Waals surface area (Å²) < 4.78 is 28.6. The third-order valence-corrected chi connectivity index (χ3v) is 3.73. The lowest BCUT2D eigenvalue weighted by Crippen LogP contribution is -2.17. The third kappa shape index (κ3) is 4.65. The van der Waals surface area contributed by atoms with Crippen LogP contribution >= 0.6 is 0 Å². The first-order valence-corrected chi connectivity index (χ1v) is 8.00. The van der Waals surface area contributed by atoms with Crippen molar-refractivity contribution in [1.82, 2.24) is 0 Å². The van der Waals surface area contributed by atoms with Crippen LogP contribution in [0.3, 0.4) is 0 Å². The lowest BCUT2D eigenvalue weighted by atomic mass is 9.86. The van der Waals surface area contributed by atoms with Gasteiger partial charge in [0.2, 0.25) is 10.0 Å². The van der Waals surface area contributed by atoms with Crippen molar-refractivity contribution in [2.75, 3.05) is 6.61 Å². The smallest absolute Gasteiger partial charge is 0.238 e. The summed E-state index contributed by atoms with van der Waals surface area (Å²) in [6, 6.07) is 4.73. The van der Waals surface area contributed by atoms with E-state index in [0.717, 1.165) is 5.56 Å². The maximum absolute atomic E-state index is 11.5. The lowest BCUT2D eigenvalue weighted by Gasteiger charge is -2.23. The number of primary sulfonamides is 1. The molecule has 0 fully saturated rings. The molecule has 0 radical (unpaired) electrons. The Morgan fingerprint density at radius 1 is 1.30 bits per heavy atom. The molecule has 0 aliphatic rings. The molecule has 0 spiro atoms. The van der Waals surface area contributed by atoms with Crippen LogP contribution < -0.4 is 9.88 Å². The molecule has 0 amide bonds. The van der Waals surface area contributed by atoms with E-state index in [0.29, 0.717) is 12.4 Å². The van der Waals surface area contributed by atoms with E-state index in [4.69, 9.17) is 9.88 Å². The zero-order valence-electron chi connectivity index (χ0n) is 12.7. The first kappa shape index (κ1) is 16.7. The molecule has 1 aromatic rings. The molecule has 0 aliphatic heterocycles. The Labute approximate surface area is 121 Å². The van der Waals surface area contributed by atoms with Crippen LogP contribution in [-0.2, 0) is 15.4 Å². The van der Waals surface area contributed by atoms with E-state index in [2.05, 4.69) is 0 Å². The first-order chi connectivity index (χ1) is 9.01. The zero-order valence-corrected chi connectivity index (χ0v) is 13.5. The van der Waals surface area contributed by atoms with Gasteiger partial charge in [-0.15, -0.1) is 0 Å². The third-order valence-electron chi connectivity index (χ3n) is 2.82. The van der Waals surface area contributed by atoms with Crippen LogP contribution in [0.1, 0.15) is 40.2 Å². The van der Waals surface area contributed by atoms with Gasteiger partial charge in [-0.1, -0.05) is 26.3 Å². The molecule has 0 atom stereocenters. The van der Waals surface area contributed by atoms with Gasteiger partial charge in [-0.2, -0.15) is 0 Å². The van der Waals surface area contributed by atoms with Crippen LogP contribution in [0, 0.1) is 0 Å². The van der Waals surface area contributed by atoms with Crippen LogP contribution in [0.2, 0.25) is 0 Å². The van der Waals surface area contributed by atoms with Crippen molar-refractivity contribution < 1.29 is 13.2 Å². The highest BCUT2D eigenvalue weighted by atomic mass is 32.2. The standard InChI is InChI=1S/C15H23NO3S/c1-11(2)8-9-19-14-7-6-12(20(16,17)18)10-13(14)15(3,4)5/h6-8,10H,9H2,1-5H3,(H2,16,17,18). The molecular weight excluding hydrogens is 274 g/mol. The van der Waals surface area contributed by atoms with Crippen LogP contribution in [0.4, 0.5) is 0 Å². The number of hydrogen-bond acceptors (Lipinski definition) is 3. The average molecular weight is 297 g/mol. The van der Waals surface area contributed by atoms with Gasteiger partial charge in [0.15, 0.2) is 0 Å². The summed E-state index contributed by atoms with van der Waals surface area (Å²) in [5.41, 5.74) is 1.76. The average Bonchev–Trinajstić information content (AvgIpc) is 2.25. The summed E-state index contributed by atoms with van der Waals surface area (Å²) in [5.74, 6) is 0.683. The summed E-state index contributed by atoms with van der Waals surface area (Å²) in [4.78, 5) is 0.108. The number of allylic oxidation sites excluding steroid dienone is 1. The van der Waals surface area contributed by atoms with Gasteiger partial charge in [-0.3, -0.25) is 0 Å². The van der Waals surface area contributed by atoms with Gasteiger partial charge < -0.3 is 4.74 Å². The predicted molar refractivity (Wildman–Crippen MR) is 81.4 cm³/mol. The SMILES string of the molecule is CC(C)=CCOc1ccc(S(N)(=O)=O)cc1C(C)(C)C. The molecule has 0 aromatic heterocycles. The van der Waals surface area contributed by atoms with Crippen LogP contribution in [-0.4, -0.2) is 15.0 Å². The summed E-state index contributed by atoms with van der Waals surface area (Å²) in [6.45, 7) is 10.5. The number of nitrogens with two attached hydrogens (primary N) is 1. The van der Waals surface area contributed by atoms with Gasteiger partial charge >= 0.3 is 0 Å². The van der Waals surface area contributed by atoms with E-state index in [1.165, 1.54) is 11.6 Å². The van der Waals surface area contributed by atoms with Crippen LogP contribution in [0.5, 0.6) is 5.75 Å². The van der Waals surface area contributed by atoms with E-state index < -0.39 is 10.0 Å². The molecular formula is C15H23NO3S. The molecule has 0 saturated carbocycles. The Morgan fingerprint density at radius 2 is 1.90 bits per heavy atom. The Hall–Kier alpha value is -1.33.